The lowest BCUT2D eigenvalue weighted by molar-refractivity contribution is 0.0393. The Bertz CT molecular complexity index is 466. The van der Waals surface area contributed by atoms with Crippen LogP contribution in [0.5, 0.6) is 0 Å². The number of sulfonamides is 1. The summed E-state index contributed by atoms with van der Waals surface area (Å²) in [5.74, 6) is 0. The Labute approximate surface area is 99.9 Å². The largest absolute Gasteiger partial charge is 0.378 e. The summed E-state index contributed by atoms with van der Waals surface area (Å²) in [6, 6.07) is 3.43. The SMILES string of the molecule is Cc1ccc(S(=O)(=O)N2CCOC[C@H]2C)s1. The van der Waals surface area contributed by atoms with Gasteiger partial charge >= 0.3 is 0 Å². The Hall–Kier alpha value is -0.430. The highest BCUT2D eigenvalue weighted by molar-refractivity contribution is 7.91. The van der Waals surface area contributed by atoms with Crippen molar-refractivity contribution in [2.75, 3.05) is 19.8 Å². The van der Waals surface area contributed by atoms with E-state index in [4.69, 9.17) is 4.74 Å². The summed E-state index contributed by atoms with van der Waals surface area (Å²) < 4.78 is 31.8. The summed E-state index contributed by atoms with van der Waals surface area (Å²) in [6.45, 7) is 5.18. The van der Waals surface area contributed by atoms with Crippen molar-refractivity contribution in [1.82, 2.24) is 4.31 Å². The maximum atomic E-state index is 12.3. The van der Waals surface area contributed by atoms with E-state index < -0.39 is 10.0 Å². The van der Waals surface area contributed by atoms with E-state index in [0.717, 1.165) is 4.88 Å². The van der Waals surface area contributed by atoms with E-state index in [1.807, 2.05) is 19.9 Å². The zero-order valence-corrected chi connectivity index (χ0v) is 11.0. The van der Waals surface area contributed by atoms with Gasteiger partial charge in [0.25, 0.3) is 10.0 Å². The van der Waals surface area contributed by atoms with E-state index in [2.05, 4.69) is 0 Å². The third-order valence-electron chi connectivity index (χ3n) is 2.59. The number of ether oxygens (including phenoxy) is 1. The predicted molar refractivity (Wildman–Crippen MR) is 63.2 cm³/mol. The number of rotatable bonds is 2. The third-order valence-corrected chi connectivity index (χ3v) is 6.07. The Morgan fingerprint density at radius 1 is 1.50 bits per heavy atom. The fourth-order valence-corrected chi connectivity index (χ4v) is 4.75. The van der Waals surface area contributed by atoms with Gasteiger partial charge < -0.3 is 4.74 Å². The minimum atomic E-state index is -3.32. The molecule has 1 fully saturated rings. The van der Waals surface area contributed by atoms with Crippen LogP contribution in [0.25, 0.3) is 0 Å². The molecule has 0 aliphatic carbocycles. The molecule has 1 aromatic rings. The molecule has 4 nitrogen and oxygen atoms in total. The van der Waals surface area contributed by atoms with Crippen molar-refractivity contribution in [2.24, 2.45) is 0 Å². The van der Waals surface area contributed by atoms with Crippen LogP contribution in [0.15, 0.2) is 16.3 Å². The molecule has 90 valence electrons. The highest BCUT2D eigenvalue weighted by atomic mass is 32.2. The molecule has 1 aliphatic rings. The number of hydrogen-bond donors (Lipinski definition) is 0. The zero-order valence-electron chi connectivity index (χ0n) is 9.34. The van der Waals surface area contributed by atoms with Gasteiger partial charge in [-0.1, -0.05) is 0 Å². The quantitative estimate of drug-likeness (QED) is 0.810. The van der Waals surface area contributed by atoms with Gasteiger partial charge in [-0.05, 0) is 26.0 Å². The summed E-state index contributed by atoms with van der Waals surface area (Å²) in [5.41, 5.74) is 0. The monoisotopic (exact) mass is 261 g/mol. The first-order valence-electron chi connectivity index (χ1n) is 5.18. The van der Waals surface area contributed by atoms with Gasteiger partial charge in [-0.15, -0.1) is 11.3 Å². The average molecular weight is 261 g/mol. The van der Waals surface area contributed by atoms with E-state index in [1.165, 1.54) is 15.6 Å². The van der Waals surface area contributed by atoms with Gasteiger partial charge in [-0.2, -0.15) is 4.31 Å². The second kappa shape index (κ2) is 4.44. The van der Waals surface area contributed by atoms with Crippen LogP contribution in [0, 0.1) is 6.92 Å². The lowest BCUT2D eigenvalue weighted by Crippen LogP contribution is -2.46. The van der Waals surface area contributed by atoms with Crippen LogP contribution in [0.3, 0.4) is 0 Å². The molecule has 6 heteroatoms. The second-order valence-electron chi connectivity index (χ2n) is 3.90. The van der Waals surface area contributed by atoms with Crippen LogP contribution in [-0.4, -0.2) is 38.5 Å². The molecule has 16 heavy (non-hydrogen) atoms. The standard InChI is InChI=1S/C10H15NO3S2/c1-8-7-14-6-5-11(8)16(12,13)10-4-3-9(2)15-10/h3-4,8H,5-7H2,1-2H3/t8-/m1/s1. The molecule has 0 unspecified atom stereocenters. The van der Waals surface area contributed by atoms with Crippen LogP contribution in [0.4, 0.5) is 0 Å². The first kappa shape index (κ1) is 12.0. The van der Waals surface area contributed by atoms with E-state index >= 15 is 0 Å². The van der Waals surface area contributed by atoms with Crippen LogP contribution < -0.4 is 0 Å². The molecule has 1 aliphatic heterocycles. The molecule has 0 spiro atoms. The Balaban J connectivity index is 2.31. The average Bonchev–Trinajstić information content (AvgIpc) is 2.66. The van der Waals surface area contributed by atoms with Crippen LogP contribution >= 0.6 is 11.3 Å². The van der Waals surface area contributed by atoms with E-state index in [0.29, 0.717) is 24.0 Å². The van der Waals surface area contributed by atoms with E-state index in [9.17, 15) is 8.42 Å². The molecule has 0 N–H and O–H groups in total. The maximum absolute atomic E-state index is 12.3. The molecule has 0 amide bonds. The highest BCUT2D eigenvalue weighted by Gasteiger charge is 2.32. The second-order valence-corrected chi connectivity index (χ2v) is 7.31. The fourth-order valence-electron chi connectivity index (χ4n) is 1.74. The van der Waals surface area contributed by atoms with Crippen molar-refractivity contribution >= 4 is 21.4 Å². The highest BCUT2D eigenvalue weighted by Crippen LogP contribution is 2.26. The summed E-state index contributed by atoms with van der Waals surface area (Å²) in [5, 5.41) is 0. The van der Waals surface area contributed by atoms with Crippen molar-refractivity contribution in [1.29, 1.82) is 0 Å². The molecule has 2 rings (SSSR count). The molecule has 1 atom stereocenters. The zero-order chi connectivity index (χ0) is 11.8. The van der Waals surface area contributed by atoms with Crippen LogP contribution in [0.2, 0.25) is 0 Å². The molecule has 0 bridgehead atoms. The van der Waals surface area contributed by atoms with Gasteiger partial charge in [0.2, 0.25) is 0 Å². The molecule has 1 saturated heterocycles. The molecule has 2 heterocycles. The summed E-state index contributed by atoms with van der Waals surface area (Å²) in [7, 11) is -3.32. The molecule has 0 saturated carbocycles. The Kier molecular flexibility index (Phi) is 3.34. The first-order chi connectivity index (χ1) is 7.51. The summed E-state index contributed by atoms with van der Waals surface area (Å²) in [6.07, 6.45) is 0. The molecular formula is C10H15NO3S2. The van der Waals surface area contributed by atoms with Crippen molar-refractivity contribution in [3.05, 3.63) is 17.0 Å². The Morgan fingerprint density at radius 2 is 2.25 bits per heavy atom. The van der Waals surface area contributed by atoms with Crippen molar-refractivity contribution in [2.45, 2.75) is 24.1 Å². The maximum Gasteiger partial charge on any atom is 0.252 e. The molecule has 0 aromatic carbocycles. The predicted octanol–water partition coefficient (Wildman–Crippen LogP) is 1.47. The van der Waals surface area contributed by atoms with Gasteiger partial charge in [0.05, 0.1) is 13.2 Å². The topological polar surface area (TPSA) is 46.6 Å². The minimum Gasteiger partial charge on any atom is -0.378 e. The first-order valence-corrected chi connectivity index (χ1v) is 7.43. The number of aryl methyl sites for hydroxylation is 1. The van der Waals surface area contributed by atoms with Crippen LogP contribution in [0.1, 0.15) is 11.8 Å². The normalized spacial score (nSPS) is 23.5. The third kappa shape index (κ3) is 2.15. The number of morpholine rings is 1. The summed E-state index contributed by atoms with van der Waals surface area (Å²) in [4.78, 5) is 1.01. The van der Waals surface area contributed by atoms with Gasteiger partial charge in [-0.3, -0.25) is 0 Å². The lowest BCUT2D eigenvalue weighted by atomic mass is 10.3. The minimum absolute atomic E-state index is 0.0823. The van der Waals surface area contributed by atoms with Gasteiger partial charge in [0.15, 0.2) is 0 Å². The fraction of sp³-hybridized carbons (Fsp3) is 0.600. The van der Waals surface area contributed by atoms with Crippen LogP contribution in [-0.2, 0) is 14.8 Å². The van der Waals surface area contributed by atoms with Crippen molar-refractivity contribution in [3.63, 3.8) is 0 Å². The van der Waals surface area contributed by atoms with Gasteiger partial charge in [0.1, 0.15) is 4.21 Å². The van der Waals surface area contributed by atoms with Gasteiger partial charge in [0, 0.05) is 17.5 Å². The van der Waals surface area contributed by atoms with Crippen molar-refractivity contribution < 1.29 is 13.2 Å². The number of hydrogen-bond acceptors (Lipinski definition) is 4. The number of nitrogens with zero attached hydrogens (tertiary/aromatic N) is 1. The lowest BCUT2D eigenvalue weighted by Gasteiger charge is -2.31. The number of thiophene rings is 1. The molecular weight excluding hydrogens is 246 g/mol. The summed E-state index contributed by atoms with van der Waals surface area (Å²) >= 11 is 1.32. The van der Waals surface area contributed by atoms with E-state index in [1.54, 1.807) is 6.07 Å². The smallest absolute Gasteiger partial charge is 0.252 e. The Morgan fingerprint density at radius 3 is 2.81 bits per heavy atom. The van der Waals surface area contributed by atoms with E-state index in [-0.39, 0.29) is 6.04 Å². The van der Waals surface area contributed by atoms with Crippen molar-refractivity contribution in [3.8, 4) is 0 Å². The molecule has 1 aromatic heterocycles. The van der Waals surface area contributed by atoms with Gasteiger partial charge in [-0.25, -0.2) is 8.42 Å². The molecule has 0 radical (unpaired) electrons.